The van der Waals surface area contributed by atoms with Gasteiger partial charge in [-0.1, -0.05) is 62.6 Å². The van der Waals surface area contributed by atoms with Crippen LogP contribution < -0.4 is 4.98 Å². The van der Waals surface area contributed by atoms with Crippen molar-refractivity contribution in [3.8, 4) is 0 Å². The summed E-state index contributed by atoms with van der Waals surface area (Å²) in [4.78, 5) is 27.0. The van der Waals surface area contributed by atoms with Crippen LogP contribution in [-0.2, 0) is 35.4 Å². The van der Waals surface area contributed by atoms with E-state index >= 15 is 0 Å². The van der Waals surface area contributed by atoms with E-state index in [9.17, 15) is 4.79 Å². The number of methoxy groups -OCH3 is 1. The van der Waals surface area contributed by atoms with Crippen LogP contribution >= 0.6 is 0 Å². The van der Waals surface area contributed by atoms with Crippen molar-refractivity contribution in [1.29, 1.82) is 0 Å². The van der Waals surface area contributed by atoms with Gasteiger partial charge in [-0.15, -0.1) is 17.1 Å². The normalized spacial score (nSPS) is 20.5. The molecule has 3 aliphatic heterocycles. The monoisotopic (exact) mass is 574 g/mol. The van der Waals surface area contributed by atoms with Crippen LogP contribution in [0.15, 0.2) is 66.6 Å². The molecular weight excluding hydrogens is 538 g/mol. The molecule has 200 valence electrons. The van der Waals surface area contributed by atoms with E-state index in [2.05, 4.69) is 65.9 Å². The van der Waals surface area contributed by atoms with Crippen molar-refractivity contribution in [3.05, 3.63) is 84.4 Å². The molecule has 0 spiro atoms. The SMILES string of the molecule is CCC1=C(C)C(/C=C2\[N-]C(=O)C(C)=C2CC)=NC1=Cc1[n-]c(/C=C2\N=C(OC)C(C)=C2CC)c(C)c1CC.[Zn+2]. The van der Waals surface area contributed by atoms with E-state index in [-0.39, 0.29) is 25.4 Å². The molecule has 1 amide bonds. The molecule has 4 heterocycles. The quantitative estimate of drug-likeness (QED) is 0.313. The van der Waals surface area contributed by atoms with Crippen molar-refractivity contribution in [2.75, 3.05) is 7.11 Å². The molecule has 0 atom stereocenters. The van der Waals surface area contributed by atoms with Crippen LogP contribution in [-0.4, -0.2) is 24.6 Å². The van der Waals surface area contributed by atoms with Crippen LogP contribution in [0.2, 0.25) is 0 Å². The van der Waals surface area contributed by atoms with E-state index in [1.54, 1.807) is 7.11 Å². The van der Waals surface area contributed by atoms with Crippen molar-refractivity contribution < 1.29 is 29.0 Å². The van der Waals surface area contributed by atoms with Gasteiger partial charge in [0.1, 0.15) is 0 Å². The van der Waals surface area contributed by atoms with Gasteiger partial charge < -0.3 is 19.8 Å². The van der Waals surface area contributed by atoms with E-state index in [1.165, 1.54) is 22.3 Å². The minimum absolute atomic E-state index is 0. The van der Waals surface area contributed by atoms with Crippen LogP contribution in [0.3, 0.4) is 0 Å². The first-order valence-corrected chi connectivity index (χ1v) is 13.6. The van der Waals surface area contributed by atoms with Gasteiger partial charge in [0.15, 0.2) is 0 Å². The number of ether oxygens (including phenoxy) is 1. The number of carbonyl (C=O) groups excluding carboxylic acids is 1. The third-order valence-corrected chi connectivity index (χ3v) is 7.81. The first-order chi connectivity index (χ1) is 18.2. The fraction of sp³-hybridized carbons (Fsp3) is 0.406. The van der Waals surface area contributed by atoms with Crippen molar-refractivity contribution in [2.45, 2.75) is 81.1 Å². The topological polar surface area (TPSA) is 79.2 Å². The number of hydrogen-bond acceptors (Lipinski definition) is 4. The van der Waals surface area contributed by atoms with Crippen LogP contribution in [0, 0.1) is 6.92 Å². The minimum Gasteiger partial charge on any atom is -0.657 e. The summed E-state index contributed by atoms with van der Waals surface area (Å²) < 4.78 is 5.48. The molecule has 7 heteroatoms. The zero-order chi connectivity index (χ0) is 27.7. The number of rotatable bonds is 7. The third kappa shape index (κ3) is 5.52. The molecule has 4 rings (SSSR count). The summed E-state index contributed by atoms with van der Waals surface area (Å²) in [6.45, 7) is 16.6. The second-order valence-corrected chi connectivity index (χ2v) is 9.83. The minimum atomic E-state index is -0.147. The number of amides is 1. The Morgan fingerprint density at radius 2 is 1.33 bits per heavy atom. The Labute approximate surface area is 245 Å². The zero-order valence-electron chi connectivity index (χ0n) is 24.9. The largest absolute Gasteiger partial charge is 2.00 e. The maximum Gasteiger partial charge on any atom is 2.00 e. The zero-order valence-corrected chi connectivity index (χ0v) is 27.8. The van der Waals surface area contributed by atoms with E-state index in [4.69, 9.17) is 19.7 Å². The maximum atomic E-state index is 12.2. The number of aromatic nitrogens is 1. The summed E-state index contributed by atoms with van der Waals surface area (Å²) in [6.07, 6.45) is 9.54. The first kappa shape index (κ1) is 30.5. The molecule has 0 aliphatic carbocycles. The Balaban J connectivity index is 0.00000420. The molecule has 0 saturated carbocycles. The van der Waals surface area contributed by atoms with E-state index in [0.29, 0.717) is 5.90 Å². The molecule has 0 saturated heterocycles. The van der Waals surface area contributed by atoms with Crippen molar-refractivity contribution >= 4 is 29.7 Å². The van der Waals surface area contributed by atoms with Crippen molar-refractivity contribution in [1.82, 2.24) is 4.98 Å². The number of carbonyl (C=O) groups is 1. The third-order valence-electron chi connectivity index (χ3n) is 7.81. The molecule has 39 heavy (non-hydrogen) atoms. The van der Waals surface area contributed by atoms with Gasteiger partial charge in [-0.2, -0.15) is 0 Å². The molecule has 0 radical (unpaired) electrons. The summed E-state index contributed by atoms with van der Waals surface area (Å²) >= 11 is 0. The van der Waals surface area contributed by atoms with Crippen molar-refractivity contribution in [2.24, 2.45) is 9.98 Å². The number of allylic oxidation sites excluding steroid dienone is 5. The maximum absolute atomic E-state index is 12.2. The van der Waals surface area contributed by atoms with Gasteiger partial charge in [0.2, 0.25) is 5.90 Å². The average molecular weight is 576 g/mol. The Kier molecular flexibility index (Phi) is 9.71. The van der Waals surface area contributed by atoms with E-state index < -0.39 is 0 Å². The standard InChI is InChI=1S/C32H39N4O2.Zn/c1-10-21-17(5)25(14-29-23(12-3)19(7)31(37)35-29)33-27(21)16-28-22(11-2)18(6)26(34-28)15-30-24(13-4)20(8)32(36-30)38-9;/h14-16H,10-13H2,1-9H3,(H-,33,34,35,36,37);/q-1;+2/p-1. The Hall–Kier alpha value is -3.05. The van der Waals surface area contributed by atoms with Gasteiger partial charge >= 0.3 is 19.5 Å². The summed E-state index contributed by atoms with van der Waals surface area (Å²) in [6, 6.07) is 0. The molecule has 0 fully saturated rings. The fourth-order valence-corrected chi connectivity index (χ4v) is 5.55. The Bertz CT molecular complexity index is 1450. The number of aliphatic imine (C=N–C) groups is 2. The van der Waals surface area contributed by atoms with Gasteiger partial charge in [0.05, 0.1) is 30.1 Å². The second-order valence-electron chi connectivity index (χ2n) is 9.83. The predicted octanol–water partition coefficient (Wildman–Crippen LogP) is 7.68. The van der Waals surface area contributed by atoms with Gasteiger partial charge in [-0.25, -0.2) is 9.98 Å². The van der Waals surface area contributed by atoms with Crippen LogP contribution in [0.5, 0.6) is 0 Å². The van der Waals surface area contributed by atoms with Crippen LogP contribution in [0.25, 0.3) is 17.5 Å². The van der Waals surface area contributed by atoms with E-state index in [0.717, 1.165) is 82.2 Å². The molecule has 6 nitrogen and oxygen atoms in total. The molecule has 0 bridgehead atoms. The molecule has 3 aliphatic rings. The molecule has 0 aromatic carbocycles. The van der Waals surface area contributed by atoms with Gasteiger partial charge in [-0.05, 0) is 75.7 Å². The van der Waals surface area contributed by atoms with Gasteiger partial charge in [-0.3, -0.25) is 0 Å². The number of nitrogens with zero attached hydrogens (tertiary/aromatic N) is 4. The van der Waals surface area contributed by atoms with Crippen LogP contribution in [0.1, 0.15) is 90.2 Å². The molecule has 0 N–H and O–H groups in total. The Morgan fingerprint density at radius 3 is 1.92 bits per heavy atom. The van der Waals surface area contributed by atoms with Crippen molar-refractivity contribution in [3.63, 3.8) is 0 Å². The van der Waals surface area contributed by atoms with E-state index in [1.807, 2.05) is 13.0 Å². The summed E-state index contributed by atoms with van der Waals surface area (Å²) in [7, 11) is 1.66. The molecular formula is C32H38N4O2Zn. The summed E-state index contributed by atoms with van der Waals surface area (Å²) in [5, 5.41) is 4.28. The van der Waals surface area contributed by atoms with Gasteiger partial charge in [0, 0.05) is 5.57 Å². The summed E-state index contributed by atoms with van der Waals surface area (Å²) in [5.41, 5.74) is 14.0. The average Bonchev–Trinajstić information content (AvgIpc) is 3.56. The van der Waals surface area contributed by atoms with Crippen LogP contribution in [0.4, 0.5) is 0 Å². The smallest absolute Gasteiger partial charge is 0.657 e. The Morgan fingerprint density at radius 1 is 0.744 bits per heavy atom. The second kappa shape index (κ2) is 12.4. The molecule has 0 unspecified atom stereocenters. The van der Waals surface area contributed by atoms with Gasteiger partial charge in [0.25, 0.3) is 0 Å². The predicted molar refractivity (Wildman–Crippen MR) is 157 cm³/mol. The molecule has 1 aromatic rings. The first-order valence-electron chi connectivity index (χ1n) is 13.6. The number of hydrogen-bond donors (Lipinski definition) is 0. The molecule has 1 aromatic heterocycles. The fourth-order valence-electron chi connectivity index (χ4n) is 5.55. The summed E-state index contributed by atoms with van der Waals surface area (Å²) in [5.74, 6) is 0.531.